The van der Waals surface area contributed by atoms with Gasteiger partial charge in [0.25, 0.3) is 0 Å². The maximum absolute atomic E-state index is 2.46. The first-order chi connectivity index (χ1) is 16.4. The number of hydrogen-bond donors (Lipinski definition) is 0. The van der Waals surface area contributed by atoms with Gasteiger partial charge in [-0.05, 0) is 36.4 Å². The molecule has 1 aliphatic carbocycles. The predicted octanol–water partition coefficient (Wildman–Crippen LogP) is 8.02. The summed E-state index contributed by atoms with van der Waals surface area (Å²) in [4.78, 5) is 0. The van der Waals surface area contributed by atoms with Crippen molar-refractivity contribution >= 4 is 44.9 Å². The molecule has 156 valence electrons. The van der Waals surface area contributed by atoms with Crippen molar-refractivity contribution in [2.45, 2.75) is 6.04 Å². The van der Waals surface area contributed by atoms with Crippen molar-refractivity contribution in [2.75, 3.05) is 0 Å². The summed E-state index contributed by atoms with van der Waals surface area (Å²) in [5.41, 5.74) is 7.44. The van der Waals surface area contributed by atoms with Gasteiger partial charge in [0.15, 0.2) is 0 Å². The van der Waals surface area contributed by atoms with Crippen molar-refractivity contribution in [1.29, 1.82) is 0 Å². The van der Waals surface area contributed by atoms with E-state index in [9.17, 15) is 0 Å². The first-order valence-electron chi connectivity index (χ1n) is 11.4. The van der Waals surface area contributed by atoms with Crippen LogP contribution in [0.1, 0.15) is 17.3 Å². The fourth-order valence-electron chi connectivity index (χ4n) is 5.37. The van der Waals surface area contributed by atoms with E-state index in [0.717, 1.165) is 0 Å². The summed E-state index contributed by atoms with van der Waals surface area (Å²) in [6, 6.07) is 36.9. The quantitative estimate of drug-likeness (QED) is 0.267. The summed E-state index contributed by atoms with van der Waals surface area (Å²) in [5.74, 6) is 0. The molecular formula is C31H22N2. The van der Waals surface area contributed by atoms with Crippen molar-refractivity contribution in [3.8, 4) is 5.69 Å². The Hall–Kier alpha value is -4.30. The van der Waals surface area contributed by atoms with E-state index in [-0.39, 0.29) is 6.04 Å². The Labute approximate surface area is 192 Å². The molecule has 6 aromatic rings. The Morgan fingerprint density at radius 3 is 1.73 bits per heavy atom. The molecule has 2 nitrogen and oxygen atoms in total. The van der Waals surface area contributed by atoms with Crippen LogP contribution in [0.15, 0.2) is 115 Å². The zero-order valence-electron chi connectivity index (χ0n) is 18.1. The molecule has 2 aromatic heterocycles. The molecule has 0 spiro atoms. The lowest BCUT2D eigenvalue weighted by Gasteiger charge is -2.14. The molecule has 0 saturated carbocycles. The van der Waals surface area contributed by atoms with E-state index >= 15 is 0 Å². The zero-order valence-corrected chi connectivity index (χ0v) is 18.1. The maximum atomic E-state index is 2.46. The molecular weight excluding hydrogens is 400 g/mol. The highest BCUT2D eigenvalue weighted by molar-refractivity contribution is 6.08. The SMILES string of the molecule is C1=CC(n2c3ccccc3c3ccccc32)C=Cc2c1c1ccccc1n2-c1ccccc1. The topological polar surface area (TPSA) is 9.86 Å². The molecule has 2 heterocycles. The normalized spacial score (nSPS) is 15.3. The van der Waals surface area contributed by atoms with Crippen molar-refractivity contribution in [2.24, 2.45) is 0 Å². The molecule has 0 aliphatic heterocycles. The molecule has 0 bridgehead atoms. The highest BCUT2D eigenvalue weighted by Crippen LogP contribution is 2.37. The summed E-state index contributed by atoms with van der Waals surface area (Å²) >= 11 is 0. The fourth-order valence-corrected chi connectivity index (χ4v) is 5.37. The minimum atomic E-state index is 0.130. The highest BCUT2D eigenvalue weighted by Gasteiger charge is 2.20. The highest BCUT2D eigenvalue weighted by atomic mass is 15.0. The summed E-state index contributed by atoms with van der Waals surface area (Å²) in [6.45, 7) is 0. The third kappa shape index (κ3) is 2.68. The van der Waals surface area contributed by atoms with Crippen molar-refractivity contribution in [1.82, 2.24) is 9.13 Å². The average molecular weight is 423 g/mol. The molecule has 0 amide bonds. The molecule has 4 aromatic carbocycles. The van der Waals surface area contributed by atoms with Crippen LogP contribution in [0.2, 0.25) is 0 Å². The first kappa shape index (κ1) is 18.3. The third-order valence-electron chi connectivity index (χ3n) is 6.79. The minimum absolute atomic E-state index is 0.130. The lowest BCUT2D eigenvalue weighted by atomic mass is 10.1. The van der Waals surface area contributed by atoms with Gasteiger partial charge in [0, 0.05) is 38.4 Å². The summed E-state index contributed by atoms with van der Waals surface area (Å²) < 4.78 is 4.83. The number of allylic oxidation sites excluding steroid dienone is 2. The van der Waals surface area contributed by atoms with Gasteiger partial charge >= 0.3 is 0 Å². The predicted molar refractivity (Wildman–Crippen MR) is 140 cm³/mol. The van der Waals surface area contributed by atoms with Crippen molar-refractivity contribution < 1.29 is 0 Å². The standard InChI is InChI=1S/C31H22N2/c1-2-10-22(11-3-1)32-30-17-9-6-14-26(30)27-20-18-23(19-21-31(27)32)33-28-15-7-4-12-24(28)25-13-5-8-16-29(25)33/h1-21,23H. The van der Waals surface area contributed by atoms with Gasteiger partial charge in [-0.1, -0.05) is 91.0 Å². The van der Waals surface area contributed by atoms with E-state index in [1.165, 1.54) is 49.7 Å². The fraction of sp³-hybridized carbons (Fsp3) is 0.0323. The first-order valence-corrected chi connectivity index (χ1v) is 11.4. The van der Waals surface area contributed by atoms with E-state index in [1.807, 2.05) is 0 Å². The van der Waals surface area contributed by atoms with Gasteiger partial charge in [-0.3, -0.25) is 0 Å². The van der Waals surface area contributed by atoms with Crippen LogP contribution in [0.4, 0.5) is 0 Å². The Morgan fingerprint density at radius 2 is 1.03 bits per heavy atom. The number of rotatable bonds is 2. The summed E-state index contributed by atoms with van der Waals surface area (Å²) in [5, 5.41) is 3.88. The van der Waals surface area contributed by atoms with Crippen LogP contribution >= 0.6 is 0 Å². The molecule has 0 fully saturated rings. The molecule has 33 heavy (non-hydrogen) atoms. The average Bonchev–Trinajstić information content (AvgIpc) is 3.29. The molecule has 0 N–H and O–H groups in total. The van der Waals surface area contributed by atoms with Gasteiger partial charge in [0.1, 0.15) is 0 Å². The van der Waals surface area contributed by atoms with Crippen LogP contribution < -0.4 is 0 Å². The molecule has 1 aliphatic rings. The molecule has 1 unspecified atom stereocenters. The van der Waals surface area contributed by atoms with Crippen LogP contribution in [0, 0.1) is 0 Å². The van der Waals surface area contributed by atoms with Crippen LogP contribution in [-0.4, -0.2) is 9.13 Å². The van der Waals surface area contributed by atoms with E-state index in [0.29, 0.717) is 0 Å². The van der Waals surface area contributed by atoms with Gasteiger partial charge in [-0.25, -0.2) is 0 Å². The van der Waals surface area contributed by atoms with Gasteiger partial charge in [0.2, 0.25) is 0 Å². The summed E-state index contributed by atoms with van der Waals surface area (Å²) in [7, 11) is 0. The van der Waals surface area contributed by atoms with Crippen LogP contribution in [0.5, 0.6) is 0 Å². The lowest BCUT2D eigenvalue weighted by molar-refractivity contribution is 0.788. The minimum Gasteiger partial charge on any atom is -0.330 e. The second kappa shape index (κ2) is 7.11. The largest absolute Gasteiger partial charge is 0.330 e. The number of para-hydroxylation sites is 4. The number of fused-ring (bicyclic) bond motifs is 6. The van der Waals surface area contributed by atoms with E-state index < -0.39 is 0 Å². The van der Waals surface area contributed by atoms with Crippen molar-refractivity contribution in [3.63, 3.8) is 0 Å². The van der Waals surface area contributed by atoms with Gasteiger partial charge in [-0.15, -0.1) is 0 Å². The van der Waals surface area contributed by atoms with E-state index in [4.69, 9.17) is 0 Å². The monoisotopic (exact) mass is 422 g/mol. The number of nitrogens with zero attached hydrogens (tertiary/aromatic N) is 2. The zero-order chi connectivity index (χ0) is 21.8. The molecule has 1 atom stereocenters. The van der Waals surface area contributed by atoms with Crippen molar-refractivity contribution in [3.05, 3.63) is 127 Å². The van der Waals surface area contributed by atoms with E-state index in [1.54, 1.807) is 0 Å². The Kier molecular flexibility index (Phi) is 3.94. The van der Waals surface area contributed by atoms with Crippen LogP contribution in [-0.2, 0) is 0 Å². The van der Waals surface area contributed by atoms with Gasteiger partial charge in [0.05, 0.1) is 17.3 Å². The molecule has 0 saturated heterocycles. The third-order valence-corrected chi connectivity index (χ3v) is 6.79. The smallest absolute Gasteiger partial charge is 0.0713 e. The number of aromatic nitrogens is 2. The molecule has 2 heteroatoms. The molecule has 0 radical (unpaired) electrons. The molecule has 7 rings (SSSR count). The second-order valence-electron chi connectivity index (χ2n) is 8.60. The van der Waals surface area contributed by atoms with Crippen LogP contribution in [0.25, 0.3) is 50.5 Å². The Morgan fingerprint density at radius 1 is 0.485 bits per heavy atom. The lowest BCUT2D eigenvalue weighted by Crippen LogP contribution is -2.03. The maximum Gasteiger partial charge on any atom is 0.0713 e. The van der Waals surface area contributed by atoms with E-state index in [2.05, 4.69) is 137 Å². The van der Waals surface area contributed by atoms with Gasteiger partial charge < -0.3 is 9.13 Å². The van der Waals surface area contributed by atoms with Gasteiger partial charge in [-0.2, -0.15) is 0 Å². The Bertz CT molecular complexity index is 1660. The number of hydrogen-bond acceptors (Lipinski definition) is 0. The van der Waals surface area contributed by atoms with Crippen LogP contribution in [0.3, 0.4) is 0 Å². The number of benzene rings is 4. The summed E-state index contributed by atoms with van der Waals surface area (Å²) in [6.07, 6.45) is 9.28. The second-order valence-corrected chi connectivity index (χ2v) is 8.60. The Balaban J connectivity index is 1.48.